The summed E-state index contributed by atoms with van der Waals surface area (Å²) in [6.45, 7) is 6.32. The molecule has 7 heteroatoms. The lowest BCUT2D eigenvalue weighted by Crippen LogP contribution is -2.37. The summed E-state index contributed by atoms with van der Waals surface area (Å²) < 4.78 is 28.7. The topological polar surface area (TPSA) is 67.2 Å². The van der Waals surface area contributed by atoms with Crippen molar-refractivity contribution in [2.24, 2.45) is 5.92 Å². The number of sulfonamides is 1. The molecule has 1 aromatic rings. The Labute approximate surface area is 126 Å². The van der Waals surface area contributed by atoms with Crippen molar-refractivity contribution in [2.75, 3.05) is 13.1 Å². The second-order valence-corrected chi connectivity index (χ2v) is 8.35. The van der Waals surface area contributed by atoms with Crippen LogP contribution in [-0.4, -0.2) is 47.7 Å². The fourth-order valence-electron chi connectivity index (χ4n) is 3.38. The zero-order valence-electron chi connectivity index (χ0n) is 12.7. The highest BCUT2D eigenvalue weighted by Crippen LogP contribution is 2.40. The molecule has 1 saturated heterocycles. The molecular weight excluding hydrogens is 288 g/mol. The fourth-order valence-corrected chi connectivity index (χ4v) is 5.07. The molecule has 2 unspecified atom stereocenters. The van der Waals surface area contributed by atoms with E-state index in [1.165, 1.54) is 12.6 Å². The summed E-state index contributed by atoms with van der Waals surface area (Å²) in [6.07, 6.45) is 6.36. The average Bonchev–Trinajstić information content (AvgIpc) is 3.14. The van der Waals surface area contributed by atoms with Crippen LogP contribution in [-0.2, 0) is 16.6 Å². The van der Waals surface area contributed by atoms with Gasteiger partial charge in [0.05, 0.1) is 12.7 Å². The highest BCUT2D eigenvalue weighted by Gasteiger charge is 2.44. The normalized spacial score (nSPS) is 26.0. The third-order valence-corrected chi connectivity index (χ3v) is 6.34. The quantitative estimate of drug-likeness (QED) is 0.853. The standard InChI is InChI=1S/C14H24N4O2S/c1-11(2)15-5-6-17-10-14(8-16-17)21(19,20)18-9-12-3-4-13(18)7-12/h8,10-13,15H,3-7,9H2,1-2H3. The van der Waals surface area contributed by atoms with Crippen LogP contribution in [0.2, 0.25) is 0 Å². The summed E-state index contributed by atoms with van der Waals surface area (Å²) in [4.78, 5) is 0.333. The Morgan fingerprint density at radius 1 is 1.43 bits per heavy atom. The van der Waals surface area contributed by atoms with Gasteiger partial charge in [0.1, 0.15) is 4.90 Å². The molecule has 1 aliphatic heterocycles. The number of hydrogen-bond acceptors (Lipinski definition) is 4. The molecule has 0 amide bonds. The third kappa shape index (κ3) is 3.00. The summed E-state index contributed by atoms with van der Waals surface area (Å²) in [5.74, 6) is 0.565. The Balaban J connectivity index is 1.67. The van der Waals surface area contributed by atoms with Gasteiger partial charge < -0.3 is 5.32 Å². The number of nitrogens with one attached hydrogen (secondary N) is 1. The van der Waals surface area contributed by atoms with Crippen molar-refractivity contribution in [3.05, 3.63) is 12.4 Å². The van der Waals surface area contributed by atoms with Gasteiger partial charge in [0.2, 0.25) is 10.0 Å². The van der Waals surface area contributed by atoms with Crippen LogP contribution in [0, 0.1) is 5.92 Å². The zero-order chi connectivity index (χ0) is 15.0. The van der Waals surface area contributed by atoms with E-state index in [9.17, 15) is 8.42 Å². The molecule has 21 heavy (non-hydrogen) atoms. The zero-order valence-corrected chi connectivity index (χ0v) is 13.5. The van der Waals surface area contributed by atoms with Gasteiger partial charge in [-0.2, -0.15) is 9.40 Å². The summed E-state index contributed by atoms with van der Waals surface area (Å²) in [5.41, 5.74) is 0. The second kappa shape index (κ2) is 5.70. The summed E-state index contributed by atoms with van der Waals surface area (Å²) in [5, 5.41) is 7.48. The Morgan fingerprint density at radius 2 is 2.24 bits per heavy atom. The maximum Gasteiger partial charge on any atom is 0.246 e. The minimum Gasteiger partial charge on any atom is -0.313 e. The Hall–Kier alpha value is -0.920. The molecule has 1 aliphatic carbocycles. The molecule has 6 nitrogen and oxygen atoms in total. The smallest absolute Gasteiger partial charge is 0.246 e. The largest absolute Gasteiger partial charge is 0.313 e. The van der Waals surface area contributed by atoms with Gasteiger partial charge in [-0.25, -0.2) is 8.42 Å². The number of fused-ring (bicyclic) bond motifs is 2. The van der Waals surface area contributed by atoms with Crippen LogP contribution in [0.15, 0.2) is 17.3 Å². The fraction of sp³-hybridized carbons (Fsp3) is 0.786. The Bertz CT molecular complexity index is 596. The van der Waals surface area contributed by atoms with Crippen LogP contribution in [0.3, 0.4) is 0 Å². The second-order valence-electron chi connectivity index (χ2n) is 6.46. The van der Waals surface area contributed by atoms with Gasteiger partial charge in [0, 0.05) is 31.4 Å². The lowest BCUT2D eigenvalue weighted by Gasteiger charge is -2.25. The van der Waals surface area contributed by atoms with E-state index < -0.39 is 10.0 Å². The lowest BCUT2D eigenvalue weighted by molar-refractivity contribution is 0.333. The van der Waals surface area contributed by atoms with Crippen LogP contribution in [0.1, 0.15) is 33.1 Å². The monoisotopic (exact) mass is 312 g/mol. The van der Waals surface area contributed by atoms with Gasteiger partial charge in [-0.05, 0) is 25.2 Å². The number of aromatic nitrogens is 2. The molecule has 0 radical (unpaired) electrons. The highest BCUT2D eigenvalue weighted by atomic mass is 32.2. The lowest BCUT2D eigenvalue weighted by atomic mass is 10.1. The predicted molar refractivity (Wildman–Crippen MR) is 80.4 cm³/mol. The molecule has 1 N–H and O–H groups in total. The van der Waals surface area contributed by atoms with E-state index in [1.807, 2.05) is 0 Å². The Morgan fingerprint density at radius 3 is 2.86 bits per heavy atom. The van der Waals surface area contributed by atoms with Crippen molar-refractivity contribution < 1.29 is 8.42 Å². The molecule has 2 atom stereocenters. The highest BCUT2D eigenvalue weighted by molar-refractivity contribution is 7.89. The van der Waals surface area contributed by atoms with E-state index in [2.05, 4.69) is 24.3 Å². The van der Waals surface area contributed by atoms with E-state index in [0.29, 0.717) is 29.9 Å². The van der Waals surface area contributed by atoms with Crippen LogP contribution < -0.4 is 5.32 Å². The molecule has 2 bridgehead atoms. The summed E-state index contributed by atoms with van der Waals surface area (Å²) >= 11 is 0. The van der Waals surface area contributed by atoms with E-state index >= 15 is 0 Å². The van der Waals surface area contributed by atoms with Gasteiger partial charge in [0.25, 0.3) is 0 Å². The van der Waals surface area contributed by atoms with Crippen LogP contribution in [0.4, 0.5) is 0 Å². The van der Waals surface area contributed by atoms with Gasteiger partial charge >= 0.3 is 0 Å². The average molecular weight is 312 g/mol. The Kier molecular flexibility index (Phi) is 4.07. The van der Waals surface area contributed by atoms with E-state index in [1.54, 1.807) is 15.2 Å². The van der Waals surface area contributed by atoms with Gasteiger partial charge in [-0.15, -0.1) is 0 Å². The minimum atomic E-state index is -3.36. The summed E-state index contributed by atoms with van der Waals surface area (Å²) in [6, 6.07) is 0.634. The van der Waals surface area contributed by atoms with Crippen molar-refractivity contribution in [3.8, 4) is 0 Å². The first kappa shape index (κ1) is 15.0. The number of rotatable bonds is 6. The molecule has 1 saturated carbocycles. The van der Waals surface area contributed by atoms with Crippen molar-refractivity contribution in [2.45, 2.75) is 56.6 Å². The van der Waals surface area contributed by atoms with E-state index in [-0.39, 0.29) is 6.04 Å². The van der Waals surface area contributed by atoms with Crippen molar-refractivity contribution in [1.82, 2.24) is 19.4 Å². The van der Waals surface area contributed by atoms with Gasteiger partial charge in [-0.3, -0.25) is 4.68 Å². The molecule has 1 aromatic heterocycles. The van der Waals surface area contributed by atoms with Crippen LogP contribution in [0.25, 0.3) is 0 Å². The van der Waals surface area contributed by atoms with Crippen molar-refractivity contribution >= 4 is 10.0 Å². The SMILES string of the molecule is CC(C)NCCn1cc(S(=O)(=O)N2CC3CCC2C3)cn1. The van der Waals surface area contributed by atoms with Gasteiger partial charge in [0.15, 0.2) is 0 Å². The molecule has 118 valence electrons. The van der Waals surface area contributed by atoms with E-state index in [0.717, 1.165) is 19.4 Å². The molecule has 2 aliphatic rings. The van der Waals surface area contributed by atoms with Crippen molar-refractivity contribution in [1.29, 1.82) is 0 Å². The molecular formula is C14H24N4O2S. The maximum absolute atomic E-state index is 12.7. The molecule has 2 fully saturated rings. The number of hydrogen-bond donors (Lipinski definition) is 1. The van der Waals surface area contributed by atoms with Crippen LogP contribution >= 0.6 is 0 Å². The molecule has 2 heterocycles. The van der Waals surface area contributed by atoms with Crippen LogP contribution in [0.5, 0.6) is 0 Å². The number of piperidine rings is 1. The third-order valence-electron chi connectivity index (χ3n) is 4.47. The van der Waals surface area contributed by atoms with E-state index in [4.69, 9.17) is 0 Å². The minimum absolute atomic E-state index is 0.214. The first-order valence-electron chi connectivity index (χ1n) is 7.74. The first-order valence-corrected chi connectivity index (χ1v) is 9.18. The predicted octanol–water partition coefficient (Wildman–Crippen LogP) is 1.05. The number of nitrogens with zero attached hydrogens (tertiary/aromatic N) is 3. The summed E-state index contributed by atoms with van der Waals surface area (Å²) in [7, 11) is -3.36. The first-order chi connectivity index (χ1) is 9.96. The maximum atomic E-state index is 12.7. The molecule has 3 rings (SSSR count). The molecule has 0 aromatic carbocycles. The van der Waals surface area contributed by atoms with Crippen molar-refractivity contribution in [3.63, 3.8) is 0 Å². The van der Waals surface area contributed by atoms with Gasteiger partial charge in [-0.1, -0.05) is 13.8 Å². The molecule has 0 spiro atoms.